The van der Waals surface area contributed by atoms with Gasteiger partial charge in [0.2, 0.25) is 0 Å². The molecule has 1 amide bonds. The lowest BCUT2D eigenvalue weighted by Crippen LogP contribution is -2.44. The molecule has 1 aliphatic heterocycles. The zero-order valence-electron chi connectivity index (χ0n) is 28.2. The molecule has 2 unspecified atom stereocenters. The lowest BCUT2D eigenvalue weighted by Gasteiger charge is -2.21. The molecule has 4 rings (SSSR count). The Morgan fingerprint density at radius 2 is 1.39 bits per heavy atom. The van der Waals surface area contributed by atoms with Gasteiger partial charge in [-0.05, 0) is 75.4 Å². The van der Waals surface area contributed by atoms with E-state index in [0.717, 1.165) is 0 Å². The van der Waals surface area contributed by atoms with Gasteiger partial charge in [-0.25, -0.2) is 9.59 Å². The smallest absolute Gasteiger partial charge is 0.497 e. The van der Waals surface area contributed by atoms with Crippen molar-refractivity contribution < 1.29 is 57.2 Å². The van der Waals surface area contributed by atoms with E-state index in [4.69, 9.17) is 38.0 Å². The van der Waals surface area contributed by atoms with E-state index in [2.05, 4.69) is 5.32 Å². The number of methoxy groups -OCH3 is 3. The van der Waals surface area contributed by atoms with Gasteiger partial charge in [0, 0.05) is 25.3 Å². The third kappa shape index (κ3) is 10.4. The van der Waals surface area contributed by atoms with E-state index in [9.17, 15) is 19.2 Å². The Morgan fingerprint density at radius 1 is 0.776 bits per heavy atom. The molecular formula is C35H40N2O12. The number of carbonyl (C=O) groups is 4. The number of esters is 1. The second kappa shape index (κ2) is 16.8. The van der Waals surface area contributed by atoms with Crippen LogP contribution in [0.2, 0.25) is 0 Å². The monoisotopic (exact) mass is 680 g/mol. The SMILES string of the molecule is COCOc1ccc(C(=O)NC2CN(OC(=O)OC(C)(C)C)CC2OC(=O)c2ccc(C(=O)c3cc(OC)ccc3OCOC)cc2)cc1. The molecule has 262 valence electrons. The number of hydrogen-bond acceptors (Lipinski definition) is 13. The van der Waals surface area contributed by atoms with Crippen molar-refractivity contribution in [3.8, 4) is 17.2 Å². The fraction of sp³-hybridized carbons (Fsp3) is 0.371. The van der Waals surface area contributed by atoms with Gasteiger partial charge in [0.25, 0.3) is 5.91 Å². The summed E-state index contributed by atoms with van der Waals surface area (Å²) in [7, 11) is 4.45. The summed E-state index contributed by atoms with van der Waals surface area (Å²) in [6, 6.07) is 16.3. The van der Waals surface area contributed by atoms with Crippen molar-refractivity contribution >= 4 is 23.8 Å². The predicted molar refractivity (Wildman–Crippen MR) is 174 cm³/mol. The van der Waals surface area contributed by atoms with E-state index in [1.165, 1.54) is 50.7 Å². The van der Waals surface area contributed by atoms with Gasteiger partial charge in [-0.3, -0.25) is 9.59 Å². The number of ether oxygens (including phenoxy) is 7. The Bertz CT molecular complexity index is 1600. The maximum atomic E-state index is 13.4. The largest absolute Gasteiger partial charge is 0.528 e. The lowest BCUT2D eigenvalue weighted by molar-refractivity contribution is -0.134. The third-order valence-electron chi connectivity index (χ3n) is 7.01. The number of hydrogen-bond donors (Lipinski definition) is 1. The third-order valence-corrected chi connectivity index (χ3v) is 7.01. The van der Waals surface area contributed by atoms with E-state index < -0.39 is 35.8 Å². The van der Waals surface area contributed by atoms with Gasteiger partial charge in [0.05, 0.1) is 37.4 Å². The second-order valence-corrected chi connectivity index (χ2v) is 11.8. The summed E-state index contributed by atoms with van der Waals surface area (Å²) in [5.74, 6) is -0.246. The summed E-state index contributed by atoms with van der Waals surface area (Å²) in [6.07, 6.45) is -1.86. The summed E-state index contributed by atoms with van der Waals surface area (Å²) >= 11 is 0. The molecule has 0 bridgehead atoms. The highest BCUT2D eigenvalue weighted by molar-refractivity contribution is 6.11. The molecule has 0 radical (unpaired) electrons. The molecule has 0 aromatic heterocycles. The normalized spacial score (nSPS) is 16.0. The van der Waals surface area contributed by atoms with Crippen LogP contribution >= 0.6 is 0 Å². The Labute approximate surface area is 284 Å². The lowest BCUT2D eigenvalue weighted by atomic mass is 10.0. The molecule has 14 nitrogen and oxygen atoms in total. The van der Waals surface area contributed by atoms with Gasteiger partial charge < -0.3 is 43.3 Å². The summed E-state index contributed by atoms with van der Waals surface area (Å²) in [5, 5.41) is 4.12. The van der Waals surface area contributed by atoms with Crippen LogP contribution in [-0.2, 0) is 23.8 Å². The van der Waals surface area contributed by atoms with Gasteiger partial charge in [-0.15, -0.1) is 5.06 Å². The number of nitrogens with one attached hydrogen (secondary N) is 1. The van der Waals surface area contributed by atoms with Crippen molar-refractivity contribution in [2.75, 3.05) is 48.0 Å². The fourth-order valence-corrected chi connectivity index (χ4v) is 4.71. The first-order valence-electron chi connectivity index (χ1n) is 15.2. The molecule has 1 N–H and O–H groups in total. The molecular weight excluding hydrogens is 640 g/mol. The Balaban J connectivity index is 1.48. The summed E-state index contributed by atoms with van der Waals surface area (Å²) in [4.78, 5) is 57.6. The van der Waals surface area contributed by atoms with Crippen LogP contribution in [0.4, 0.5) is 4.79 Å². The van der Waals surface area contributed by atoms with Gasteiger partial charge in [0.15, 0.2) is 19.4 Å². The number of benzene rings is 3. The van der Waals surface area contributed by atoms with Crippen LogP contribution in [-0.4, -0.2) is 94.6 Å². The van der Waals surface area contributed by atoms with Crippen molar-refractivity contribution in [2.45, 2.75) is 38.5 Å². The molecule has 1 heterocycles. The van der Waals surface area contributed by atoms with E-state index >= 15 is 0 Å². The van der Waals surface area contributed by atoms with E-state index in [1.807, 2.05) is 0 Å². The van der Waals surface area contributed by atoms with Crippen LogP contribution in [0.25, 0.3) is 0 Å². The van der Waals surface area contributed by atoms with Crippen molar-refractivity contribution in [1.29, 1.82) is 0 Å². The van der Waals surface area contributed by atoms with Gasteiger partial charge >= 0.3 is 12.1 Å². The molecule has 1 fully saturated rings. The van der Waals surface area contributed by atoms with Gasteiger partial charge in [-0.2, -0.15) is 0 Å². The van der Waals surface area contributed by atoms with Crippen molar-refractivity contribution in [3.05, 3.63) is 89.0 Å². The number of amides is 1. The van der Waals surface area contributed by atoms with Crippen LogP contribution in [0.5, 0.6) is 17.2 Å². The fourth-order valence-electron chi connectivity index (χ4n) is 4.71. The van der Waals surface area contributed by atoms with Crippen molar-refractivity contribution in [1.82, 2.24) is 10.4 Å². The highest BCUT2D eigenvalue weighted by Crippen LogP contribution is 2.27. The Morgan fingerprint density at radius 3 is 2.02 bits per heavy atom. The molecule has 1 aliphatic rings. The Kier molecular flexibility index (Phi) is 12.5. The number of carbonyl (C=O) groups excluding carboxylic acids is 4. The van der Waals surface area contributed by atoms with Crippen LogP contribution in [0.15, 0.2) is 66.7 Å². The molecule has 0 aliphatic carbocycles. The minimum absolute atomic E-state index is 0.0133. The van der Waals surface area contributed by atoms with Crippen LogP contribution < -0.4 is 19.5 Å². The average Bonchev–Trinajstić information content (AvgIpc) is 3.44. The van der Waals surface area contributed by atoms with Crippen LogP contribution in [0.3, 0.4) is 0 Å². The molecule has 49 heavy (non-hydrogen) atoms. The van der Waals surface area contributed by atoms with E-state index in [1.54, 1.807) is 63.2 Å². The van der Waals surface area contributed by atoms with Crippen molar-refractivity contribution in [2.24, 2.45) is 0 Å². The molecule has 0 saturated carbocycles. The van der Waals surface area contributed by atoms with Gasteiger partial charge in [-0.1, -0.05) is 12.1 Å². The zero-order valence-corrected chi connectivity index (χ0v) is 28.2. The predicted octanol–water partition coefficient (Wildman–Crippen LogP) is 4.40. The number of nitrogens with zero attached hydrogens (tertiary/aromatic N) is 1. The topological polar surface area (TPSA) is 157 Å². The minimum atomic E-state index is -0.941. The molecule has 3 aromatic rings. The summed E-state index contributed by atoms with van der Waals surface area (Å²) in [5.41, 5.74) is 0.218. The maximum absolute atomic E-state index is 13.4. The second-order valence-electron chi connectivity index (χ2n) is 11.8. The minimum Gasteiger partial charge on any atom is -0.497 e. The molecule has 2 atom stereocenters. The average molecular weight is 681 g/mol. The van der Waals surface area contributed by atoms with E-state index in [0.29, 0.717) is 22.8 Å². The highest BCUT2D eigenvalue weighted by atomic mass is 16.8. The number of hydroxylamine groups is 2. The molecule has 14 heteroatoms. The standard InChI is InChI=1S/C35H40N2O12/c1-35(2,3)48-34(41)49-37-18-28(36-32(39)23-11-13-25(14-12-23)45-20-42-4)30(19-37)47-33(40)24-9-7-22(8-10-24)31(38)27-17-26(44-6)15-16-29(27)46-21-43-5/h7-17,28,30H,18-21H2,1-6H3,(H,36,39). The zero-order chi connectivity index (χ0) is 35.6. The van der Waals surface area contributed by atoms with Crippen LogP contribution in [0, 0.1) is 0 Å². The van der Waals surface area contributed by atoms with E-state index in [-0.39, 0.29) is 49.1 Å². The first-order chi connectivity index (χ1) is 23.4. The molecule has 0 spiro atoms. The van der Waals surface area contributed by atoms with Crippen LogP contribution in [0.1, 0.15) is 57.4 Å². The molecule has 3 aromatic carbocycles. The summed E-state index contributed by atoms with van der Waals surface area (Å²) < 4.78 is 37.1. The summed E-state index contributed by atoms with van der Waals surface area (Å²) in [6.45, 7) is 5.05. The molecule has 1 saturated heterocycles. The number of rotatable bonds is 14. The highest BCUT2D eigenvalue weighted by Gasteiger charge is 2.40. The number of ketones is 1. The van der Waals surface area contributed by atoms with Crippen molar-refractivity contribution in [3.63, 3.8) is 0 Å². The maximum Gasteiger partial charge on any atom is 0.528 e. The first-order valence-corrected chi connectivity index (χ1v) is 15.2. The quantitative estimate of drug-likeness (QED) is 0.145. The Hall–Kier alpha value is -5.18. The van der Waals surface area contributed by atoms with Gasteiger partial charge in [0.1, 0.15) is 29.0 Å². The first kappa shape index (κ1) is 36.7.